The lowest BCUT2D eigenvalue weighted by atomic mass is 9.85. The van der Waals surface area contributed by atoms with Crippen LogP contribution in [0, 0.1) is 12.8 Å². The Hall–Kier alpha value is -3.69. The Kier molecular flexibility index (Phi) is 7.96. The highest BCUT2D eigenvalue weighted by Crippen LogP contribution is 2.25. The molecule has 1 aromatic carbocycles. The third-order valence-electron chi connectivity index (χ3n) is 5.54. The highest BCUT2D eigenvalue weighted by atomic mass is 16.3. The van der Waals surface area contributed by atoms with Crippen LogP contribution in [0.25, 0.3) is 10.9 Å². The standard InChI is InChI=1S/C21H26N6O2.CH2O2/c1-13-24-19(27-26-13)9-11-23-20(28)15-4-6-17(7-5-15)25-21(29)16-3-2-14-8-10-22-18(14)12-16;2-1-3/h2-3,8,10,12,15,17,22H,4-7,9,11H2,1H3,(H,23,28)(H,25,29)(H,24,26,27);1H,(H,2,3). The van der Waals surface area contributed by atoms with Crippen molar-refractivity contribution in [2.45, 2.75) is 45.1 Å². The third kappa shape index (κ3) is 6.16. The number of rotatable bonds is 6. The van der Waals surface area contributed by atoms with Gasteiger partial charge in [0.25, 0.3) is 12.4 Å². The zero-order valence-corrected chi connectivity index (χ0v) is 17.9. The minimum Gasteiger partial charge on any atom is -0.483 e. The van der Waals surface area contributed by atoms with Gasteiger partial charge in [0.1, 0.15) is 5.82 Å². The molecule has 2 aromatic heterocycles. The van der Waals surface area contributed by atoms with Crippen molar-refractivity contribution in [3.05, 3.63) is 47.7 Å². The second-order valence-electron chi connectivity index (χ2n) is 7.79. The van der Waals surface area contributed by atoms with E-state index in [1.165, 1.54) is 0 Å². The predicted molar refractivity (Wildman–Crippen MR) is 118 cm³/mol. The second kappa shape index (κ2) is 11.1. The van der Waals surface area contributed by atoms with Crippen LogP contribution in [0.4, 0.5) is 0 Å². The van der Waals surface area contributed by atoms with Gasteiger partial charge in [-0.3, -0.25) is 19.5 Å². The van der Waals surface area contributed by atoms with E-state index in [9.17, 15) is 9.59 Å². The van der Waals surface area contributed by atoms with Gasteiger partial charge in [-0.2, -0.15) is 5.10 Å². The number of carboxylic acid groups (broad SMARTS) is 1. The number of hydrogen-bond donors (Lipinski definition) is 5. The first kappa shape index (κ1) is 23.0. The normalized spacial score (nSPS) is 17.8. The minimum absolute atomic E-state index is 0.00676. The maximum absolute atomic E-state index is 12.6. The van der Waals surface area contributed by atoms with Gasteiger partial charge in [-0.05, 0) is 56.2 Å². The number of carbonyl (C=O) groups excluding carboxylic acids is 2. The molecule has 1 saturated carbocycles. The molecule has 3 aromatic rings. The topological polar surface area (TPSA) is 153 Å². The molecule has 10 heteroatoms. The molecule has 1 aliphatic carbocycles. The van der Waals surface area contributed by atoms with Gasteiger partial charge in [0.05, 0.1) is 0 Å². The fraction of sp³-hybridized carbons (Fsp3) is 0.409. The molecule has 0 bridgehead atoms. The summed E-state index contributed by atoms with van der Waals surface area (Å²) in [5.74, 6) is 1.52. The SMILES string of the molecule is Cc1nc(CCNC(=O)C2CCC(NC(=O)c3ccc4cc[nH]c4c3)CC2)n[nH]1.O=CO. The van der Waals surface area contributed by atoms with E-state index >= 15 is 0 Å². The van der Waals surface area contributed by atoms with Crippen molar-refractivity contribution < 1.29 is 19.5 Å². The molecule has 5 N–H and O–H groups in total. The van der Waals surface area contributed by atoms with E-state index in [4.69, 9.17) is 9.90 Å². The number of fused-ring (bicyclic) bond motifs is 1. The number of nitrogens with one attached hydrogen (secondary N) is 4. The van der Waals surface area contributed by atoms with Crippen LogP contribution < -0.4 is 10.6 Å². The van der Waals surface area contributed by atoms with Crippen molar-refractivity contribution in [3.63, 3.8) is 0 Å². The average molecular weight is 441 g/mol. The number of hydrogen-bond acceptors (Lipinski definition) is 5. The van der Waals surface area contributed by atoms with Crippen molar-refractivity contribution in [3.8, 4) is 0 Å². The van der Waals surface area contributed by atoms with Crippen LogP contribution in [0.3, 0.4) is 0 Å². The number of aromatic nitrogens is 4. The molecule has 2 amide bonds. The highest BCUT2D eigenvalue weighted by Gasteiger charge is 2.27. The minimum atomic E-state index is -0.250. The maximum atomic E-state index is 12.6. The third-order valence-corrected chi connectivity index (χ3v) is 5.54. The zero-order chi connectivity index (χ0) is 22.9. The van der Waals surface area contributed by atoms with E-state index in [1.807, 2.05) is 37.4 Å². The summed E-state index contributed by atoms with van der Waals surface area (Å²) in [5, 5.41) is 20.9. The van der Waals surface area contributed by atoms with Gasteiger partial charge in [-0.15, -0.1) is 0 Å². The van der Waals surface area contributed by atoms with Crippen molar-refractivity contribution in [1.29, 1.82) is 0 Å². The monoisotopic (exact) mass is 440 g/mol. The second-order valence-corrected chi connectivity index (χ2v) is 7.79. The number of aryl methyl sites for hydroxylation is 1. The van der Waals surface area contributed by atoms with Gasteiger partial charge in [0.2, 0.25) is 5.91 Å². The first-order chi connectivity index (χ1) is 15.5. The van der Waals surface area contributed by atoms with E-state index < -0.39 is 0 Å². The number of nitrogens with zero attached hydrogens (tertiary/aromatic N) is 2. The number of H-pyrrole nitrogens is 2. The van der Waals surface area contributed by atoms with E-state index in [1.54, 1.807) is 0 Å². The van der Waals surface area contributed by atoms with Gasteiger partial charge >= 0.3 is 0 Å². The summed E-state index contributed by atoms with van der Waals surface area (Å²) in [7, 11) is 0. The van der Waals surface area contributed by atoms with Crippen LogP contribution in [0.2, 0.25) is 0 Å². The average Bonchev–Trinajstić information content (AvgIpc) is 3.42. The fourth-order valence-corrected chi connectivity index (χ4v) is 3.90. The summed E-state index contributed by atoms with van der Waals surface area (Å²) in [6, 6.07) is 7.76. The van der Waals surface area contributed by atoms with E-state index in [0.29, 0.717) is 24.4 Å². The highest BCUT2D eigenvalue weighted by molar-refractivity contribution is 5.98. The van der Waals surface area contributed by atoms with E-state index in [-0.39, 0.29) is 30.2 Å². The van der Waals surface area contributed by atoms with Crippen LogP contribution in [-0.4, -0.2) is 56.1 Å². The Bertz CT molecular complexity index is 1050. The van der Waals surface area contributed by atoms with Crippen LogP contribution in [-0.2, 0) is 16.0 Å². The Morgan fingerprint density at radius 2 is 1.97 bits per heavy atom. The van der Waals surface area contributed by atoms with Crippen LogP contribution in [0.15, 0.2) is 30.5 Å². The summed E-state index contributed by atoms with van der Waals surface area (Å²) in [6.45, 7) is 2.14. The lowest BCUT2D eigenvalue weighted by molar-refractivity contribution is -0.126. The molecule has 1 fully saturated rings. The molecule has 0 unspecified atom stereocenters. The van der Waals surface area contributed by atoms with Crippen LogP contribution in [0.1, 0.15) is 47.7 Å². The molecule has 0 radical (unpaired) electrons. The molecule has 1 aliphatic rings. The summed E-state index contributed by atoms with van der Waals surface area (Å²) in [5.41, 5.74) is 1.61. The quantitative estimate of drug-likeness (QED) is 0.369. The Labute approximate surface area is 185 Å². The molecular formula is C22H28N6O4. The molecule has 170 valence electrons. The van der Waals surface area contributed by atoms with Gasteiger partial charge in [0, 0.05) is 42.2 Å². The Morgan fingerprint density at radius 3 is 2.66 bits per heavy atom. The van der Waals surface area contributed by atoms with Gasteiger partial charge in [0.15, 0.2) is 5.82 Å². The Morgan fingerprint density at radius 1 is 1.22 bits per heavy atom. The zero-order valence-electron chi connectivity index (χ0n) is 17.9. The number of aromatic amines is 2. The smallest absolute Gasteiger partial charge is 0.290 e. The first-order valence-electron chi connectivity index (χ1n) is 10.6. The molecule has 0 atom stereocenters. The van der Waals surface area contributed by atoms with E-state index in [2.05, 4.69) is 30.8 Å². The summed E-state index contributed by atoms with van der Waals surface area (Å²) in [4.78, 5) is 40.7. The molecular weight excluding hydrogens is 412 g/mol. The van der Waals surface area contributed by atoms with Gasteiger partial charge in [-0.25, -0.2) is 4.98 Å². The van der Waals surface area contributed by atoms with Gasteiger partial charge < -0.3 is 20.7 Å². The summed E-state index contributed by atoms with van der Waals surface area (Å²) in [6.07, 6.45) is 5.68. The van der Waals surface area contributed by atoms with Gasteiger partial charge in [-0.1, -0.05) is 6.07 Å². The summed E-state index contributed by atoms with van der Waals surface area (Å²) >= 11 is 0. The summed E-state index contributed by atoms with van der Waals surface area (Å²) < 4.78 is 0. The number of carbonyl (C=O) groups is 3. The molecule has 10 nitrogen and oxygen atoms in total. The molecule has 2 heterocycles. The van der Waals surface area contributed by atoms with E-state index in [0.717, 1.165) is 42.4 Å². The van der Waals surface area contributed by atoms with Crippen LogP contribution in [0.5, 0.6) is 0 Å². The predicted octanol–water partition coefficient (Wildman–Crippen LogP) is 1.94. The molecule has 0 saturated heterocycles. The number of amides is 2. The Balaban J connectivity index is 0.000000913. The lowest BCUT2D eigenvalue weighted by Crippen LogP contribution is -2.41. The molecule has 0 spiro atoms. The van der Waals surface area contributed by atoms with Crippen molar-refractivity contribution >= 4 is 29.2 Å². The fourth-order valence-electron chi connectivity index (χ4n) is 3.90. The van der Waals surface area contributed by atoms with Crippen molar-refractivity contribution in [2.75, 3.05) is 6.54 Å². The lowest BCUT2D eigenvalue weighted by Gasteiger charge is -2.28. The largest absolute Gasteiger partial charge is 0.483 e. The van der Waals surface area contributed by atoms with Crippen LogP contribution >= 0.6 is 0 Å². The number of benzene rings is 1. The van der Waals surface area contributed by atoms with Crippen molar-refractivity contribution in [1.82, 2.24) is 30.8 Å². The molecule has 0 aliphatic heterocycles. The maximum Gasteiger partial charge on any atom is 0.290 e. The van der Waals surface area contributed by atoms with Crippen molar-refractivity contribution in [2.24, 2.45) is 5.92 Å². The molecule has 4 rings (SSSR count). The molecule has 32 heavy (non-hydrogen) atoms. The first-order valence-corrected chi connectivity index (χ1v) is 10.6.